The van der Waals surface area contributed by atoms with Crippen LogP contribution in [0.2, 0.25) is 0 Å². The van der Waals surface area contributed by atoms with E-state index in [-0.39, 0.29) is 77.3 Å². The SMILES string of the molecule is C=CC(=O)N1C[C@@H](C)[C@@H](Oc2nc(OC[C@@]34CCCN3C[C@H](F)C4)nc3c(F)c(-c4ccc(F)c5sc(N)nc45)c(C(F)(F)F)cc23)C1. The van der Waals surface area contributed by atoms with E-state index in [1.165, 1.54) is 4.90 Å². The van der Waals surface area contributed by atoms with Crippen LogP contribution in [0.25, 0.3) is 32.2 Å². The highest BCUT2D eigenvalue weighted by atomic mass is 32.1. The average molecular weight is 693 g/mol. The number of fused-ring (bicyclic) bond motifs is 3. The third-order valence-electron chi connectivity index (χ3n) is 9.49. The molecule has 0 aliphatic carbocycles. The summed E-state index contributed by atoms with van der Waals surface area (Å²) >= 11 is 0.720. The van der Waals surface area contributed by atoms with Gasteiger partial charge in [0.1, 0.15) is 30.2 Å². The summed E-state index contributed by atoms with van der Waals surface area (Å²) in [6, 6.07) is 2.25. The minimum absolute atomic E-state index is 0.0361. The molecule has 0 saturated carbocycles. The molecule has 0 bridgehead atoms. The number of benzene rings is 2. The van der Waals surface area contributed by atoms with Gasteiger partial charge in [0.05, 0.1) is 33.2 Å². The van der Waals surface area contributed by atoms with Crippen LogP contribution in [0.5, 0.6) is 11.9 Å². The van der Waals surface area contributed by atoms with Gasteiger partial charge >= 0.3 is 12.2 Å². The maximum Gasteiger partial charge on any atom is 0.417 e. The molecule has 48 heavy (non-hydrogen) atoms. The lowest BCUT2D eigenvalue weighted by Gasteiger charge is -2.30. The average Bonchev–Trinajstić information content (AvgIpc) is 3.78. The Kier molecular flexibility index (Phi) is 7.93. The number of carbonyl (C=O) groups excluding carboxylic acids is 1. The topological polar surface area (TPSA) is 107 Å². The van der Waals surface area contributed by atoms with E-state index in [4.69, 9.17) is 15.2 Å². The number of hydrogen-bond donors (Lipinski definition) is 1. The normalized spacial score (nSPS) is 24.5. The number of nitrogen functional groups attached to an aromatic ring is 1. The predicted molar refractivity (Wildman–Crippen MR) is 166 cm³/mol. The van der Waals surface area contributed by atoms with Gasteiger partial charge in [-0.3, -0.25) is 9.69 Å². The first-order valence-electron chi connectivity index (χ1n) is 15.3. The van der Waals surface area contributed by atoms with Crippen molar-refractivity contribution in [2.75, 3.05) is 38.5 Å². The van der Waals surface area contributed by atoms with Crippen LogP contribution in [0.4, 0.5) is 31.5 Å². The minimum atomic E-state index is -5.09. The van der Waals surface area contributed by atoms with Crippen molar-refractivity contribution in [3.8, 4) is 23.0 Å². The molecule has 4 atom stereocenters. The summed E-state index contributed by atoms with van der Waals surface area (Å²) in [5.74, 6) is -3.17. The van der Waals surface area contributed by atoms with E-state index in [1.807, 2.05) is 4.90 Å². The molecule has 3 fully saturated rings. The maximum atomic E-state index is 16.8. The Morgan fingerprint density at radius 1 is 1.19 bits per heavy atom. The quantitative estimate of drug-likeness (QED) is 0.182. The fraction of sp³-hybridized carbons (Fsp3) is 0.438. The van der Waals surface area contributed by atoms with E-state index in [1.54, 1.807) is 6.92 Å². The standard InChI is InChI=1S/C32H30F6N6O3S/c1-3-22(45)43-11-15(2)21(13-43)47-28-18-9-19(32(36,37)38)23(17-5-6-20(34)27-26(17)40-29(39)48-27)24(35)25(18)41-30(42-28)46-14-31-7-4-8-44(31)12-16(33)10-31/h3,5-6,9,15-16,21H,1,4,7-8,10-14H2,2H3,(H2,39,40)/t15-,16-,21+,31+/m1/s1. The lowest BCUT2D eigenvalue weighted by Crippen LogP contribution is -2.43. The second-order valence-electron chi connectivity index (χ2n) is 12.6. The van der Waals surface area contributed by atoms with Crippen LogP contribution in [0.1, 0.15) is 31.7 Å². The molecule has 7 rings (SSSR count). The number of carbonyl (C=O) groups is 1. The molecule has 2 N–H and O–H groups in total. The first kappa shape index (κ1) is 32.4. The predicted octanol–water partition coefficient (Wildman–Crippen LogP) is 6.15. The number of thiazole rings is 1. The zero-order valence-electron chi connectivity index (χ0n) is 25.6. The van der Waals surface area contributed by atoms with E-state index >= 15 is 4.39 Å². The molecule has 0 unspecified atom stereocenters. The Hall–Kier alpha value is -4.18. The number of hydrogen-bond acceptors (Lipinski definition) is 9. The van der Waals surface area contributed by atoms with Crippen molar-refractivity contribution < 1.29 is 40.6 Å². The Bertz CT molecular complexity index is 1960. The van der Waals surface area contributed by atoms with Gasteiger partial charge in [-0.15, -0.1) is 0 Å². The molecule has 0 spiro atoms. The number of rotatable bonds is 7. The Morgan fingerprint density at radius 3 is 2.73 bits per heavy atom. The van der Waals surface area contributed by atoms with Gasteiger partial charge in [-0.25, -0.2) is 18.2 Å². The number of anilines is 1. The number of likely N-dealkylation sites (tertiary alicyclic amines) is 1. The molecule has 3 aliphatic heterocycles. The van der Waals surface area contributed by atoms with Gasteiger partial charge in [0.15, 0.2) is 10.9 Å². The van der Waals surface area contributed by atoms with Gasteiger partial charge in [-0.1, -0.05) is 24.8 Å². The maximum absolute atomic E-state index is 16.8. The molecule has 9 nitrogen and oxygen atoms in total. The number of ether oxygens (including phenoxy) is 2. The smallest absolute Gasteiger partial charge is 0.417 e. The largest absolute Gasteiger partial charge is 0.472 e. The molecule has 5 heterocycles. The molecular weight excluding hydrogens is 662 g/mol. The van der Waals surface area contributed by atoms with Gasteiger partial charge in [0.2, 0.25) is 11.8 Å². The lowest BCUT2D eigenvalue weighted by atomic mass is 9.95. The summed E-state index contributed by atoms with van der Waals surface area (Å²) in [6.07, 6.45) is -4.02. The number of halogens is 6. The fourth-order valence-corrected chi connectivity index (χ4v) is 7.97. The third kappa shape index (κ3) is 5.47. The van der Waals surface area contributed by atoms with Gasteiger partial charge in [-0.05, 0) is 43.7 Å². The van der Waals surface area contributed by atoms with Crippen molar-refractivity contribution in [3.05, 3.63) is 48.1 Å². The number of alkyl halides is 4. The Morgan fingerprint density at radius 2 is 1.98 bits per heavy atom. The van der Waals surface area contributed by atoms with Crippen molar-refractivity contribution in [2.45, 2.75) is 50.2 Å². The first-order chi connectivity index (χ1) is 22.8. The second-order valence-corrected chi connectivity index (χ2v) is 13.6. The van der Waals surface area contributed by atoms with Crippen LogP contribution in [0, 0.1) is 17.6 Å². The van der Waals surface area contributed by atoms with E-state index < -0.39 is 57.7 Å². The summed E-state index contributed by atoms with van der Waals surface area (Å²) in [5.41, 5.74) is 1.73. The number of aromatic nitrogens is 3. The van der Waals surface area contributed by atoms with E-state index in [0.717, 1.165) is 36.0 Å². The van der Waals surface area contributed by atoms with Crippen molar-refractivity contribution in [3.63, 3.8) is 0 Å². The Labute approximate surface area is 274 Å². The summed E-state index contributed by atoms with van der Waals surface area (Å²) in [6.45, 7) is 6.55. The molecule has 3 aliphatic rings. The number of amides is 1. The van der Waals surface area contributed by atoms with E-state index in [2.05, 4.69) is 21.5 Å². The molecule has 2 aromatic heterocycles. The zero-order valence-corrected chi connectivity index (χ0v) is 26.4. The molecule has 0 radical (unpaired) electrons. The lowest BCUT2D eigenvalue weighted by molar-refractivity contribution is -0.137. The molecule has 1 amide bonds. The van der Waals surface area contributed by atoms with Gasteiger partial charge < -0.3 is 20.1 Å². The van der Waals surface area contributed by atoms with E-state index in [0.29, 0.717) is 19.0 Å². The summed E-state index contributed by atoms with van der Waals surface area (Å²) in [5, 5.41) is -0.504. The molecule has 2 aromatic carbocycles. The molecular formula is C32H30F6N6O3S. The van der Waals surface area contributed by atoms with Crippen LogP contribution in [0.15, 0.2) is 30.9 Å². The summed E-state index contributed by atoms with van der Waals surface area (Å²) in [4.78, 5) is 28.3. The van der Waals surface area contributed by atoms with Crippen LogP contribution in [0.3, 0.4) is 0 Å². The Balaban J connectivity index is 1.39. The van der Waals surface area contributed by atoms with E-state index in [9.17, 15) is 26.7 Å². The van der Waals surface area contributed by atoms with Crippen LogP contribution in [-0.4, -0.2) is 81.3 Å². The minimum Gasteiger partial charge on any atom is -0.472 e. The highest BCUT2D eigenvalue weighted by Gasteiger charge is 2.49. The van der Waals surface area contributed by atoms with Crippen LogP contribution < -0.4 is 15.2 Å². The third-order valence-corrected chi connectivity index (χ3v) is 10.4. The second kappa shape index (κ2) is 11.8. The summed E-state index contributed by atoms with van der Waals surface area (Å²) < 4.78 is 102. The highest BCUT2D eigenvalue weighted by molar-refractivity contribution is 7.22. The van der Waals surface area contributed by atoms with Crippen molar-refractivity contribution in [1.82, 2.24) is 24.8 Å². The molecule has 4 aromatic rings. The van der Waals surface area contributed by atoms with Gasteiger partial charge in [-0.2, -0.15) is 23.1 Å². The van der Waals surface area contributed by atoms with Gasteiger partial charge in [0, 0.05) is 36.6 Å². The van der Waals surface area contributed by atoms with Crippen molar-refractivity contribution in [1.29, 1.82) is 0 Å². The first-order valence-corrected chi connectivity index (χ1v) is 16.2. The highest BCUT2D eigenvalue weighted by Crippen LogP contribution is 2.46. The van der Waals surface area contributed by atoms with Crippen LogP contribution in [-0.2, 0) is 11.0 Å². The van der Waals surface area contributed by atoms with Crippen molar-refractivity contribution >= 4 is 43.5 Å². The van der Waals surface area contributed by atoms with Gasteiger partial charge in [0.25, 0.3) is 0 Å². The zero-order chi connectivity index (χ0) is 34.1. The molecule has 3 saturated heterocycles. The summed E-state index contributed by atoms with van der Waals surface area (Å²) in [7, 11) is 0. The van der Waals surface area contributed by atoms with Crippen LogP contribution >= 0.6 is 11.3 Å². The van der Waals surface area contributed by atoms with Crippen molar-refractivity contribution in [2.24, 2.45) is 5.92 Å². The number of nitrogens with two attached hydrogens (primary N) is 1. The monoisotopic (exact) mass is 692 g/mol. The molecule has 16 heteroatoms. The fourth-order valence-electron chi connectivity index (χ4n) is 7.21. The molecule has 254 valence electrons. The number of nitrogens with zero attached hydrogens (tertiary/aromatic N) is 5.